The lowest BCUT2D eigenvalue weighted by Gasteiger charge is -2.21. The van der Waals surface area contributed by atoms with Crippen molar-refractivity contribution in [3.05, 3.63) is 35.5 Å². The lowest BCUT2D eigenvalue weighted by atomic mass is 10.1. The molecule has 102 valence electrons. The standard InChI is InChI=1S/C14H20N4O/c1-4-5-12-13(15)16-9-17-14(12)18(3)8-11-6-7-19-10(11)2/h6-7,9H,4-5,8H2,1-3H3,(H2,15,16,17). The molecule has 0 radical (unpaired) electrons. The maximum absolute atomic E-state index is 5.95. The molecule has 0 saturated heterocycles. The molecule has 0 atom stereocenters. The molecule has 0 amide bonds. The van der Waals surface area contributed by atoms with Gasteiger partial charge in [-0.3, -0.25) is 0 Å². The Morgan fingerprint density at radius 3 is 2.79 bits per heavy atom. The monoisotopic (exact) mass is 260 g/mol. The van der Waals surface area contributed by atoms with E-state index in [-0.39, 0.29) is 0 Å². The first-order valence-electron chi connectivity index (χ1n) is 6.47. The van der Waals surface area contributed by atoms with Crippen molar-refractivity contribution >= 4 is 11.6 Å². The van der Waals surface area contributed by atoms with Crippen LogP contribution in [0.3, 0.4) is 0 Å². The Balaban J connectivity index is 2.26. The normalized spacial score (nSPS) is 10.7. The number of nitrogens with zero attached hydrogens (tertiary/aromatic N) is 3. The zero-order chi connectivity index (χ0) is 13.8. The van der Waals surface area contributed by atoms with Crippen LogP contribution in [0.1, 0.15) is 30.2 Å². The summed E-state index contributed by atoms with van der Waals surface area (Å²) in [6.07, 6.45) is 5.13. The van der Waals surface area contributed by atoms with Gasteiger partial charge in [0.1, 0.15) is 23.7 Å². The van der Waals surface area contributed by atoms with E-state index in [4.69, 9.17) is 10.2 Å². The van der Waals surface area contributed by atoms with E-state index in [2.05, 4.69) is 21.8 Å². The Labute approximate surface area is 113 Å². The second kappa shape index (κ2) is 5.73. The first kappa shape index (κ1) is 13.4. The molecule has 0 spiro atoms. The number of hydrogen-bond donors (Lipinski definition) is 1. The molecule has 19 heavy (non-hydrogen) atoms. The van der Waals surface area contributed by atoms with Gasteiger partial charge in [-0.2, -0.15) is 0 Å². The molecule has 2 aromatic rings. The lowest BCUT2D eigenvalue weighted by molar-refractivity contribution is 0.529. The topological polar surface area (TPSA) is 68.2 Å². The van der Waals surface area contributed by atoms with Gasteiger partial charge in [0.05, 0.1) is 6.26 Å². The maximum Gasteiger partial charge on any atom is 0.137 e. The summed E-state index contributed by atoms with van der Waals surface area (Å²) >= 11 is 0. The first-order valence-corrected chi connectivity index (χ1v) is 6.47. The van der Waals surface area contributed by atoms with Crippen molar-refractivity contribution in [2.24, 2.45) is 0 Å². The highest BCUT2D eigenvalue weighted by molar-refractivity contribution is 5.56. The fourth-order valence-corrected chi connectivity index (χ4v) is 2.14. The smallest absolute Gasteiger partial charge is 0.137 e. The summed E-state index contributed by atoms with van der Waals surface area (Å²) in [6.45, 7) is 4.83. The van der Waals surface area contributed by atoms with Gasteiger partial charge in [-0.05, 0) is 19.4 Å². The van der Waals surface area contributed by atoms with Gasteiger partial charge in [0.15, 0.2) is 0 Å². The Bertz CT molecular complexity index is 550. The molecular weight excluding hydrogens is 240 g/mol. The van der Waals surface area contributed by atoms with E-state index < -0.39 is 0 Å². The Morgan fingerprint density at radius 2 is 2.16 bits per heavy atom. The maximum atomic E-state index is 5.95. The van der Waals surface area contributed by atoms with Crippen molar-refractivity contribution in [1.29, 1.82) is 0 Å². The fourth-order valence-electron chi connectivity index (χ4n) is 2.14. The fraction of sp³-hybridized carbons (Fsp3) is 0.429. The molecule has 0 unspecified atom stereocenters. The summed E-state index contributed by atoms with van der Waals surface area (Å²) in [6, 6.07) is 1.98. The molecule has 5 heteroatoms. The molecule has 2 N–H and O–H groups in total. The van der Waals surface area contributed by atoms with Crippen molar-refractivity contribution in [2.45, 2.75) is 33.2 Å². The molecular formula is C14H20N4O. The highest BCUT2D eigenvalue weighted by Gasteiger charge is 2.14. The second-order valence-electron chi connectivity index (χ2n) is 4.67. The van der Waals surface area contributed by atoms with Gasteiger partial charge in [0.2, 0.25) is 0 Å². The van der Waals surface area contributed by atoms with Crippen molar-refractivity contribution in [3.8, 4) is 0 Å². The van der Waals surface area contributed by atoms with Crippen LogP contribution < -0.4 is 10.6 Å². The van der Waals surface area contributed by atoms with E-state index in [1.165, 1.54) is 6.33 Å². The van der Waals surface area contributed by atoms with Crippen LogP contribution in [-0.4, -0.2) is 17.0 Å². The van der Waals surface area contributed by atoms with Crippen LogP contribution in [0.2, 0.25) is 0 Å². The van der Waals surface area contributed by atoms with E-state index in [9.17, 15) is 0 Å². The predicted octanol–water partition coefficient (Wildman–Crippen LogP) is 2.55. The largest absolute Gasteiger partial charge is 0.469 e. The third-order valence-electron chi connectivity index (χ3n) is 3.19. The van der Waals surface area contributed by atoms with Gasteiger partial charge in [0, 0.05) is 24.7 Å². The van der Waals surface area contributed by atoms with Gasteiger partial charge in [-0.15, -0.1) is 0 Å². The molecule has 0 saturated carbocycles. The molecule has 0 aliphatic rings. The van der Waals surface area contributed by atoms with E-state index in [1.807, 2.05) is 20.0 Å². The Hall–Kier alpha value is -2.04. The van der Waals surface area contributed by atoms with E-state index in [0.29, 0.717) is 5.82 Å². The van der Waals surface area contributed by atoms with Crippen LogP contribution in [-0.2, 0) is 13.0 Å². The zero-order valence-corrected chi connectivity index (χ0v) is 11.7. The number of furan rings is 1. The number of aryl methyl sites for hydroxylation is 1. The van der Waals surface area contributed by atoms with Gasteiger partial charge in [0.25, 0.3) is 0 Å². The van der Waals surface area contributed by atoms with Gasteiger partial charge < -0.3 is 15.1 Å². The van der Waals surface area contributed by atoms with Crippen LogP contribution >= 0.6 is 0 Å². The highest BCUT2D eigenvalue weighted by atomic mass is 16.3. The minimum absolute atomic E-state index is 0.572. The molecule has 0 aliphatic carbocycles. The number of anilines is 2. The SMILES string of the molecule is CCCc1c(N)ncnc1N(C)Cc1ccoc1C. The molecule has 0 fully saturated rings. The second-order valence-corrected chi connectivity index (χ2v) is 4.67. The highest BCUT2D eigenvalue weighted by Crippen LogP contribution is 2.24. The number of rotatable bonds is 5. The van der Waals surface area contributed by atoms with Crippen LogP contribution in [0, 0.1) is 6.92 Å². The molecule has 2 aromatic heterocycles. The molecule has 0 aliphatic heterocycles. The molecule has 2 rings (SSSR count). The summed E-state index contributed by atoms with van der Waals surface area (Å²) in [5.41, 5.74) is 8.13. The molecule has 0 bridgehead atoms. The van der Waals surface area contributed by atoms with Crippen LogP contribution in [0.5, 0.6) is 0 Å². The number of nitrogen functional groups attached to an aromatic ring is 1. The summed E-state index contributed by atoms with van der Waals surface area (Å²) in [5.74, 6) is 2.41. The molecule has 2 heterocycles. The lowest BCUT2D eigenvalue weighted by Crippen LogP contribution is -2.20. The third kappa shape index (κ3) is 2.86. The third-order valence-corrected chi connectivity index (χ3v) is 3.19. The Kier molecular flexibility index (Phi) is 4.04. The van der Waals surface area contributed by atoms with Crippen molar-refractivity contribution < 1.29 is 4.42 Å². The van der Waals surface area contributed by atoms with Crippen molar-refractivity contribution in [1.82, 2.24) is 9.97 Å². The number of hydrogen-bond acceptors (Lipinski definition) is 5. The molecule has 5 nitrogen and oxygen atoms in total. The van der Waals surface area contributed by atoms with Crippen molar-refractivity contribution in [3.63, 3.8) is 0 Å². The van der Waals surface area contributed by atoms with E-state index >= 15 is 0 Å². The van der Waals surface area contributed by atoms with E-state index in [1.54, 1.807) is 6.26 Å². The minimum atomic E-state index is 0.572. The average Bonchev–Trinajstić information content (AvgIpc) is 2.78. The Morgan fingerprint density at radius 1 is 1.37 bits per heavy atom. The van der Waals surface area contributed by atoms with Gasteiger partial charge in [-0.25, -0.2) is 9.97 Å². The molecule has 0 aromatic carbocycles. The number of nitrogens with two attached hydrogens (primary N) is 1. The van der Waals surface area contributed by atoms with Gasteiger partial charge in [-0.1, -0.05) is 13.3 Å². The van der Waals surface area contributed by atoms with E-state index in [0.717, 1.165) is 42.1 Å². The van der Waals surface area contributed by atoms with Crippen LogP contribution in [0.15, 0.2) is 23.1 Å². The van der Waals surface area contributed by atoms with Crippen LogP contribution in [0.4, 0.5) is 11.6 Å². The zero-order valence-electron chi connectivity index (χ0n) is 11.7. The van der Waals surface area contributed by atoms with Crippen molar-refractivity contribution in [2.75, 3.05) is 17.7 Å². The number of aromatic nitrogens is 2. The first-order chi connectivity index (χ1) is 9.13. The van der Waals surface area contributed by atoms with Crippen LogP contribution in [0.25, 0.3) is 0 Å². The summed E-state index contributed by atoms with van der Waals surface area (Å²) in [4.78, 5) is 10.5. The minimum Gasteiger partial charge on any atom is -0.469 e. The average molecular weight is 260 g/mol. The summed E-state index contributed by atoms with van der Waals surface area (Å²) in [7, 11) is 2.01. The quantitative estimate of drug-likeness (QED) is 0.894. The summed E-state index contributed by atoms with van der Waals surface area (Å²) < 4.78 is 5.32. The predicted molar refractivity (Wildman–Crippen MR) is 76.0 cm³/mol. The summed E-state index contributed by atoms with van der Waals surface area (Å²) in [5, 5.41) is 0. The van der Waals surface area contributed by atoms with Gasteiger partial charge >= 0.3 is 0 Å².